The van der Waals surface area contributed by atoms with Crippen molar-refractivity contribution in [1.29, 1.82) is 0 Å². The highest BCUT2D eigenvalue weighted by atomic mass is 35.5. The second-order valence-electron chi connectivity index (χ2n) is 6.37. The molecule has 3 rings (SSSR count). The maximum Gasteiger partial charge on any atom is 0.241 e. The molecule has 0 radical (unpaired) electrons. The average Bonchev–Trinajstić information content (AvgIpc) is 3.00. The van der Waals surface area contributed by atoms with Crippen molar-refractivity contribution in [2.75, 3.05) is 0 Å². The van der Waals surface area contributed by atoms with Crippen molar-refractivity contribution in [3.05, 3.63) is 29.9 Å². The summed E-state index contributed by atoms with van der Waals surface area (Å²) in [7, 11) is 0. The van der Waals surface area contributed by atoms with Crippen LogP contribution in [0.3, 0.4) is 0 Å². The number of pyridine rings is 1. The molecule has 5 heteroatoms. The van der Waals surface area contributed by atoms with Crippen molar-refractivity contribution in [3.8, 4) is 0 Å². The van der Waals surface area contributed by atoms with Crippen LogP contribution in [0.5, 0.6) is 0 Å². The summed E-state index contributed by atoms with van der Waals surface area (Å²) in [5.74, 6) is -0.0670. The minimum Gasteiger partial charge on any atom is -0.273 e. The fourth-order valence-electron chi connectivity index (χ4n) is 3.01. The van der Waals surface area contributed by atoms with E-state index < -0.39 is 9.75 Å². The van der Waals surface area contributed by atoms with E-state index in [2.05, 4.69) is 0 Å². The Labute approximate surface area is 135 Å². The molecule has 0 spiro atoms. The Morgan fingerprint density at radius 3 is 2.57 bits per heavy atom. The van der Waals surface area contributed by atoms with Crippen LogP contribution in [-0.2, 0) is 0 Å². The number of carbonyl (C=O) groups is 1. The Morgan fingerprint density at radius 2 is 1.95 bits per heavy atom. The summed E-state index contributed by atoms with van der Waals surface area (Å²) in [5.41, 5.74) is 0.00514. The van der Waals surface area contributed by atoms with Crippen LogP contribution in [0.25, 0.3) is 0 Å². The van der Waals surface area contributed by atoms with Gasteiger partial charge in [-0.1, -0.05) is 25.3 Å². The summed E-state index contributed by atoms with van der Waals surface area (Å²) >= 11 is 12.3. The first-order valence-corrected chi connectivity index (χ1v) is 8.34. The van der Waals surface area contributed by atoms with E-state index >= 15 is 0 Å². The van der Waals surface area contributed by atoms with Crippen molar-refractivity contribution in [3.63, 3.8) is 0 Å². The predicted octanol–water partition coefficient (Wildman–Crippen LogP) is 3.95. The van der Waals surface area contributed by atoms with E-state index in [1.807, 2.05) is 25.1 Å². The molecule has 0 bridgehead atoms. The fourth-order valence-corrected chi connectivity index (χ4v) is 3.70. The first kappa shape index (κ1) is 15.1. The molecule has 1 heterocycles. The van der Waals surface area contributed by atoms with E-state index in [9.17, 15) is 4.79 Å². The quantitative estimate of drug-likeness (QED) is 0.758. The number of carbonyl (C=O) groups excluding carboxylic acids is 1. The van der Waals surface area contributed by atoms with E-state index in [0.717, 1.165) is 12.8 Å². The minimum atomic E-state index is -0.949. The smallest absolute Gasteiger partial charge is 0.241 e. The number of halogens is 2. The van der Waals surface area contributed by atoms with Crippen LogP contribution >= 0.6 is 23.2 Å². The first-order valence-electron chi connectivity index (χ1n) is 7.58. The van der Waals surface area contributed by atoms with Crippen LogP contribution in [0, 0.1) is 5.41 Å². The monoisotopic (exact) mass is 326 g/mol. The Hall–Kier alpha value is -0.800. The molecule has 0 aliphatic heterocycles. The lowest BCUT2D eigenvalue weighted by atomic mass is 9.96. The normalized spacial score (nSPS) is 29.4. The molecule has 1 aromatic rings. The highest BCUT2D eigenvalue weighted by molar-refractivity contribution is 6.53. The number of nitrogens with zero attached hydrogens (tertiary/aromatic N) is 2. The molecule has 3 nitrogen and oxygen atoms in total. The molecule has 2 aliphatic rings. The minimum absolute atomic E-state index is 0.0670. The molecule has 0 aromatic carbocycles. The highest BCUT2D eigenvalue weighted by Gasteiger charge is 2.68. The van der Waals surface area contributed by atoms with Crippen molar-refractivity contribution in [1.82, 2.24) is 4.57 Å². The topological polar surface area (TPSA) is 34.4 Å². The van der Waals surface area contributed by atoms with Crippen molar-refractivity contribution in [2.45, 2.75) is 55.8 Å². The molecule has 0 saturated heterocycles. The van der Waals surface area contributed by atoms with Gasteiger partial charge in [0, 0.05) is 6.20 Å². The van der Waals surface area contributed by atoms with Gasteiger partial charge in [-0.05, 0) is 38.3 Å². The van der Waals surface area contributed by atoms with Gasteiger partial charge < -0.3 is 0 Å². The van der Waals surface area contributed by atoms with Gasteiger partial charge in [-0.15, -0.1) is 23.2 Å². The van der Waals surface area contributed by atoms with E-state index in [1.165, 1.54) is 19.3 Å². The van der Waals surface area contributed by atoms with Crippen LogP contribution in [0.1, 0.15) is 50.2 Å². The molecule has 114 valence electrons. The summed E-state index contributed by atoms with van der Waals surface area (Å²) in [4.78, 5) is 17.5. The Morgan fingerprint density at radius 1 is 1.29 bits per heavy atom. The van der Waals surface area contributed by atoms with Crippen molar-refractivity contribution >= 4 is 29.1 Å². The Bertz CT molecular complexity index is 617. The SMILES string of the molecule is C[C@]1(C(=O)n2ccccc2=NC2CCCCC2)CC1(Cl)Cl. The summed E-state index contributed by atoms with van der Waals surface area (Å²) in [6.07, 6.45) is 8.20. The lowest BCUT2D eigenvalue weighted by Gasteiger charge is -2.18. The van der Waals surface area contributed by atoms with Crippen LogP contribution < -0.4 is 5.49 Å². The van der Waals surface area contributed by atoms with Crippen molar-refractivity contribution < 1.29 is 4.79 Å². The summed E-state index contributed by atoms with van der Waals surface area (Å²) < 4.78 is 0.663. The summed E-state index contributed by atoms with van der Waals surface area (Å²) in [5, 5.41) is 0. The van der Waals surface area contributed by atoms with E-state index in [1.54, 1.807) is 10.8 Å². The lowest BCUT2D eigenvalue weighted by molar-refractivity contribution is 0.0817. The maximum absolute atomic E-state index is 12.7. The van der Waals surface area contributed by atoms with Gasteiger partial charge in [0.05, 0.1) is 11.5 Å². The molecule has 0 unspecified atom stereocenters. The number of hydrogen-bond donors (Lipinski definition) is 0. The summed E-state index contributed by atoms with van der Waals surface area (Å²) in [6.45, 7) is 1.82. The van der Waals surface area contributed by atoms with Gasteiger partial charge in [-0.2, -0.15) is 0 Å². The molecule has 1 aromatic heterocycles. The Balaban J connectivity index is 1.93. The number of alkyl halides is 2. The zero-order chi connectivity index (χ0) is 15.1. The third kappa shape index (κ3) is 2.78. The first-order chi connectivity index (χ1) is 9.94. The van der Waals surface area contributed by atoms with Gasteiger partial charge >= 0.3 is 0 Å². The van der Waals surface area contributed by atoms with Crippen LogP contribution in [0.2, 0.25) is 0 Å². The molecular weight excluding hydrogens is 307 g/mol. The van der Waals surface area contributed by atoms with E-state index in [4.69, 9.17) is 28.2 Å². The molecule has 21 heavy (non-hydrogen) atoms. The third-order valence-corrected chi connectivity index (χ3v) is 5.78. The highest BCUT2D eigenvalue weighted by Crippen LogP contribution is 2.64. The average molecular weight is 327 g/mol. The van der Waals surface area contributed by atoms with E-state index in [-0.39, 0.29) is 5.91 Å². The van der Waals surface area contributed by atoms with Gasteiger partial charge in [0.2, 0.25) is 5.91 Å². The zero-order valence-corrected chi connectivity index (χ0v) is 13.7. The number of hydrogen-bond acceptors (Lipinski definition) is 2. The van der Waals surface area contributed by atoms with Crippen LogP contribution in [0.4, 0.5) is 0 Å². The second-order valence-corrected chi connectivity index (χ2v) is 7.85. The molecule has 0 N–H and O–H groups in total. The molecule has 2 fully saturated rings. The molecule has 1 atom stereocenters. The van der Waals surface area contributed by atoms with Gasteiger partial charge in [-0.3, -0.25) is 14.4 Å². The zero-order valence-electron chi connectivity index (χ0n) is 12.2. The van der Waals surface area contributed by atoms with Gasteiger partial charge in [0.1, 0.15) is 9.82 Å². The second kappa shape index (κ2) is 5.44. The largest absolute Gasteiger partial charge is 0.273 e. The predicted molar refractivity (Wildman–Crippen MR) is 84.7 cm³/mol. The summed E-state index contributed by atoms with van der Waals surface area (Å²) in [6, 6.07) is 5.97. The van der Waals surface area contributed by atoms with Crippen molar-refractivity contribution in [2.24, 2.45) is 10.4 Å². The lowest BCUT2D eigenvalue weighted by Crippen LogP contribution is -2.34. The molecule has 2 saturated carbocycles. The maximum atomic E-state index is 12.7. The van der Waals surface area contributed by atoms with Crippen LogP contribution in [-0.4, -0.2) is 20.8 Å². The number of rotatable bonds is 2. The fraction of sp³-hybridized carbons (Fsp3) is 0.625. The molecule has 0 amide bonds. The standard InChI is InChI=1S/C16H20Cl2N2O/c1-15(11-16(15,17)18)14(21)20-10-6-5-9-13(20)19-12-7-3-2-4-8-12/h5-6,9-10,12H,2-4,7-8,11H2,1H3/t15-/m1/s1. The van der Waals surface area contributed by atoms with Crippen LogP contribution in [0.15, 0.2) is 29.4 Å². The van der Waals surface area contributed by atoms with Gasteiger partial charge in [0.25, 0.3) is 0 Å². The number of aromatic nitrogens is 1. The van der Waals surface area contributed by atoms with E-state index in [0.29, 0.717) is 18.0 Å². The van der Waals surface area contributed by atoms with Gasteiger partial charge in [0.15, 0.2) is 0 Å². The molecular formula is C16H20Cl2N2O. The van der Waals surface area contributed by atoms with Gasteiger partial charge in [-0.25, -0.2) is 0 Å². The molecule has 2 aliphatic carbocycles. The third-order valence-electron chi connectivity index (χ3n) is 4.68. The Kier molecular flexibility index (Phi) is 3.91.